The molecule has 0 aromatic heterocycles. The smallest absolute Gasteiger partial charge is 0.123 e. The van der Waals surface area contributed by atoms with Crippen molar-refractivity contribution in [3.63, 3.8) is 0 Å². The number of nitrogens with one attached hydrogen (secondary N) is 1. The van der Waals surface area contributed by atoms with E-state index in [4.69, 9.17) is 0 Å². The van der Waals surface area contributed by atoms with Gasteiger partial charge in [0.05, 0.1) is 0 Å². The van der Waals surface area contributed by atoms with Gasteiger partial charge < -0.3 is 5.32 Å². The van der Waals surface area contributed by atoms with E-state index in [0.29, 0.717) is 6.04 Å². The van der Waals surface area contributed by atoms with Gasteiger partial charge in [0.2, 0.25) is 0 Å². The second kappa shape index (κ2) is 6.40. The van der Waals surface area contributed by atoms with Crippen molar-refractivity contribution < 1.29 is 4.39 Å². The van der Waals surface area contributed by atoms with Gasteiger partial charge in [0.15, 0.2) is 0 Å². The van der Waals surface area contributed by atoms with Crippen LogP contribution in [0.1, 0.15) is 37.3 Å². The summed E-state index contributed by atoms with van der Waals surface area (Å²) in [6.07, 6.45) is 4.72. The first-order valence-electron chi connectivity index (χ1n) is 7.87. The molecule has 2 heteroatoms. The number of benzene rings is 2. The Morgan fingerprint density at radius 1 is 1.14 bits per heavy atom. The summed E-state index contributed by atoms with van der Waals surface area (Å²) in [5, 5.41) is 3.48. The first kappa shape index (κ1) is 14.3. The molecule has 1 N–H and O–H groups in total. The minimum atomic E-state index is -0.156. The van der Waals surface area contributed by atoms with Crippen LogP contribution in [0.3, 0.4) is 0 Å². The van der Waals surface area contributed by atoms with E-state index in [2.05, 4.69) is 36.5 Å². The van der Waals surface area contributed by atoms with Crippen LogP contribution in [0, 0.1) is 5.82 Å². The van der Waals surface area contributed by atoms with E-state index in [9.17, 15) is 4.39 Å². The third kappa shape index (κ3) is 3.70. The Hall–Kier alpha value is -1.67. The van der Waals surface area contributed by atoms with Crippen LogP contribution in [0.15, 0.2) is 42.5 Å². The fourth-order valence-electron chi connectivity index (χ4n) is 2.71. The molecular weight excluding hydrogens is 261 g/mol. The maximum atomic E-state index is 13.6. The van der Waals surface area contributed by atoms with E-state index < -0.39 is 0 Å². The van der Waals surface area contributed by atoms with Gasteiger partial charge in [-0.25, -0.2) is 4.39 Å². The molecule has 0 amide bonds. The van der Waals surface area contributed by atoms with Crippen molar-refractivity contribution in [2.75, 3.05) is 0 Å². The Kier molecular flexibility index (Phi) is 4.35. The highest BCUT2D eigenvalue weighted by Gasteiger charge is 2.20. The van der Waals surface area contributed by atoms with E-state index in [-0.39, 0.29) is 5.82 Å². The lowest BCUT2D eigenvalue weighted by molar-refractivity contribution is 0.620. The number of hydrogen-bond acceptors (Lipinski definition) is 1. The fourth-order valence-corrected chi connectivity index (χ4v) is 2.71. The quantitative estimate of drug-likeness (QED) is 0.810. The molecule has 1 aliphatic carbocycles. The summed E-state index contributed by atoms with van der Waals surface area (Å²) in [6.45, 7) is 2.94. The first-order chi connectivity index (χ1) is 10.3. The Morgan fingerprint density at radius 2 is 2.00 bits per heavy atom. The largest absolute Gasteiger partial charge is 0.310 e. The van der Waals surface area contributed by atoms with E-state index in [0.717, 1.165) is 30.5 Å². The van der Waals surface area contributed by atoms with Crippen molar-refractivity contribution in [1.82, 2.24) is 5.32 Å². The molecule has 0 saturated heterocycles. The molecular formula is C19H22FN. The maximum absolute atomic E-state index is 13.6. The monoisotopic (exact) mass is 283 g/mol. The Balaban J connectivity index is 1.90. The third-order valence-electron chi connectivity index (χ3n) is 4.00. The van der Waals surface area contributed by atoms with Gasteiger partial charge in [-0.15, -0.1) is 0 Å². The highest BCUT2D eigenvalue weighted by molar-refractivity contribution is 5.68. The summed E-state index contributed by atoms with van der Waals surface area (Å²) in [7, 11) is 0. The Labute approximate surface area is 126 Å². The van der Waals surface area contributed by atoms with Crippen LogP contribution in [0.5, 0.6) is 0 Å². The van der Waals surface area contributed by atoms with Crippen LogP contribution in [-0.2, 0) is 13.0 Å². The van der Waals surface area contributed by atoms with Crippen LogP contribution in [0.2, 0.25) is 0 Å². The van der Waals surface area contributed by atoms with Crippen molar-refractivity contribution in [2.45, 2.75) is 45.2 Å². The van der Waals surface area contributed by atoms with E-state index in [1.54, 1.807) is 12.1 Å². The van der Waals surface area contributed by atoms with Gasteiger partial charge in [-0.2, -0.15) is 0 Å². The zero-order valence-corrected chi connectivity index (χ0v) is 12.5. The summed E-state index contributed by atoms with van der Waals surface area (Å²) < 4.78 is 13.6. The number of aryl methyl sites for hydroxylation is 1. The van der Waals surface area contributed by atoms with Crippen LogP contribution in [-0.4, -0.2) is 6.04 Å². The molecule has 0 aliphatic heterocycles. The molecule has 1 aliphatic rings. The van der Waals surface area contributed by atoms with E-state index >= 15 is 0 Å². The molecule has 2 aromatic carbocycles. The predicted octanol–water partition coefficient (Wildman–Crippen LogP) is 4.70. The molecule has 0 atom stereocenters. The number of halogens is 1. The maximum Gasteiger partial charge on any atom is 0.123 e. The van der Waals surface area contributed by atoms with Crippen molar-refractivity contribution in [2.24, 2.45) is 0 Å². The van der Waals surface area contributed by atoms with Crippen molar-refractivity contribution >= 4 is 0 Å². The first-order valence-corrected chi connectivity index (χ1v) is 7.87. The average molecular weight is 283 g/mol. The van der Waals surface area contributed by atoms with Crippen LogP contribution in [0.25, 0.3) is 11.1 Å². The minimum absolute atomic E-state index is 0.156. The van der Waals surface area contributed by atoms with Gasteiger partial charge >= 0.3 is 0 Å². The van der Waals surface area contributed by atoms with Gasteiger partial charge in [0.1, 0.15) is 5.82 Å². The second-order valence-corrected chi connectivity index (χ2v) is 5.91. The molecule has 110 valence electrons. The minimum Gasteiger partial charge on any atom is -0.310 e. The van der Waals surface area contributed by atoms with Crippen molar-refractivity contribution in [1.29, 1.82) is 0 Å². The lowest BCUT2D eigenvalue weighted by atomic mass is 9.97. The normalized spacial score (nSPS) is 14.4. The Morgan fingerprint density at radius 3 is 2.76 bits per heavy atom. The summed E-state index contributed by atoms with van der Waals surface area (Å²) in [5.41, 5.74) is 4.73. The summed E-state index contributed by atoms with van der Waals surface area (Å²) in [5.74, 6) is -0.156. The molecule has 3 rings (SSSR count). The van der Waals surface area contributed by atoms with Gasteiger partial charge in [0, 0.05) is 12.6 Å². The molecule has 0 unspecified atom stereocenters. The fraction of sp³-hybridized carbons (Fsp3) is 0.368. The average Bonchev–Trinajstić information content (AvgIpc) is 3.30. The zero-order chi connectivity index (χ0) is 14.7. The standard InChI is InChI=1S/C19H22FN/c1-2-4-14-5-3-6-15(11-14)19-10-7-17(20)12-16(19)13-21-18-8-9-18/h3,5-7,10-12,18,21H,2,4,8-9,13H2,1H3. The molecule has 21 heavy (non-hydrogen) atoms. The highest BCUT2D eigenvalue weighted by atomic mass is 19.1. The van der Waals surface area contributed by atoms with Crippen LogP contribution < -0.4 is 5.32 Å². The predicted molar refractivity (Wildman–Crippen MR) is 85.7 cm³/mol. The zero-order valence-electron chi connectivity index (χ0n) is 12.5. The van der Waals surface area contributed by atoms with Crippen molar-refractivity contribution in [3.8, 4) is 11.1 Å². The second-order valence-electron chi connectivity index (χ2n) is 5.91. The molecule has 0 bridgehead atoms. The van der Waals surface area contributed by atoms with Crippen LogP contribution >= 0.6 is 0 Å². The van der Waals surface area contributed by atoms with Gasteiger partial charge in [-0.05, 0) is 53.6 Å². The number of rotatable bonds is 6. The topological polar surface area (TPSA) is 12.0 Å². The Bertz CT molecular complexity index is 617. The number of hydrogen-bond donors (Lipinski definition) is 1. The van der Waals surface area contributed by atoms with E-state index in [1.165, 1.54) is 24.0 Å². The van der Waals surface area contributed by atoms with Gasteiger partial charge in [-0.1, -0.05) is 43.7 Å². The van der Waals surface area contributed by atoms with Crippen molar-refractivity contribution in [3.05, 3.63) is 59.4 Å². The molecule has 1 nitrogen and oxygen atoms in total. The summed E-state index contributed by atoms with van der Waals surface area (Å²) in [6, 6.07) is 14.4. The molecule has 1 fully saturated rings. The SMILES string of the molecule is CCCc1cccc(-c2ccc(F)cc2CNC2CC2)c1. The molecule has 0 spiro atoms. The molecule has 2 aromatic rings. The third-order valence-corrected chi connectivity index (χ3v) is 4.00. The van der Waals surface area contributed by atoms with Gasteiger partial charge in [0.25, 0.3) is 0 Å². The summed E-state index contributed by atoms with van der Waals surface area (Å²) in [4.78, 5) is 0. The van der Waals surface area contributed by atoms with Gasteiger partial charge in [-0.3, -0.25) is 0 Å². The highest BCUT2D eigenvalue weighted by Crippen LogP contribution is 2.27. The van der Waals surface area contributed by atoms with Crippen LogP contribution in [0.4, 0.5) is 4.39 Å². The molecule has 1 saturated carbocycles. The lowest BCUT2D eigenvalue weighted by Crippen LogP contribution is -2.16. The lowest BCUT2D eigenvalue weighted by Gasteiger charge is -2.12. The van der Waals surface area contributed by atoms with E-state index in [1.807, 2.05) is 6.07 Å². The summed E-state index contributed by atoms with van der Waals surface area (Å²) >= 11 is 0. The molecule has 0 radical (unpaired) electrons. The molecule has 0 heterocycles.